The highest BCUT2D eigenvalue weighted by Gasteiger charge is 2.23. The van der Waals surface area contributed by atoms with Crippen LogP contribution in [0.3, 0.4) is 0 Å². The average Bonchev–Trinajstić information content (AvgIpc) is 2.80. The van der Waals surface area contributed by atoms with Crippen LogP contribution in [0.1, 0.15) is 71.8 Å². The first-order valence-corrected chi connectivity index (χ1v) is 12.8. The second-order valence-electron chi connectivity index (χ2n) is 9.66. The molecule has 0 aliphatic rings. The van der Waals surface area contributed by atoms with Gasteiger partial charge in [0, 0.05) is 38.8 Å². The first-order valence-electron chi connectivity index (χ1n) is 12.8. The molecular weight excluding hydrogens is 487 g/mol. The van der Waals surface area contributed by atoms with E-state index in [-0.39, 0.29) is 30.9 Å². The Kier molecular flexibility index (Phi) is 22.2. The summed E-state index contributed by atoms with van der Waals surface area (Å²) in [5.74, 6) is 2.33. The molecule has 6 nitrogen and oxygen atoms in total. The quantitative estimate of drug-likeness (QED) is 0.204. The van der Waals surface area contributed by atoms with Crippen LogP contribution in [0.25, 0.3) is 0 Å². The van der Waals surface area contributed by atoms with E-state index in [2.05, 4.69) is 45.1 Å². The van der Waals surface area contributed by atoms with Gasteiger partial charge in [0.25, 0.3) is 0 Å². The summed E-state index contributed by atoms with van der Waals surface area (Å²) in [5, 5.41) is 14.1. The maximum absolute atomic E-state index is 10.7. The summed E-state index contributed by atoms with van der Waals surface area (Å²) < 4.78 is 16.5. The third-order valence-corrected chi connectivity index (χ3v) is 6.40. The number of hydrogen-bond acceptors (Lipinski definition) is 6. The van der Waals surface area contributed by atoms with E-state index in [1.165, 1.54) is 24.8 Å². The molecule has 0 aliphatic heterocycles. The molecule has 0 unspecified atom stereocenters. The van der Waals surface area contributed by atoms with Crippen LogP contribution in [-0.4, -0.2) is 57.3 Å². The Hall–Kier alpha value is -0.760. The molecule has 0 saturated heterocycles. The number of halogens is 2. The molecule has 4 atom stereocenters. The Balaban J connectivity index is 0. The Labute approximate surface area is 226 Å². The van der Waals surface area contributed by atoms with E-state index in [0.29, 0.717) is 37.6 Å². The van der Waals surface area contributed by atoms with Crippen molar-refractivity contribution >= 4 is 24.8 Å². The molecule has 1 aromatic carbocycles. The van der Waals surface area contributed by atoms with Crippen molar-refractivity contribution < 1.29 is 19.3 Å². The number of methoxy groups -OCH3 is 2. The second-order valence-corrected chi connectivity index (χ2v) is 9.66. The second kappa shape index (κ2) is 21.3. The summed E-state index contributed by atoms with van der Waals surface area (Å²) in [6.45, 7) is 10.7. The van der Waals surface area contributed by atoms with Crippen LogP contribution in [0.2, 0.25) is 0 Å². The van der Waals surface area contributed by atoms with Crippen LogP contribution in [0, 0.1) is 11.8 Å². The number of benzene rings is 1. The summed E-state index contributed by atoms with van der Waals surface area (Å²) >= 11 is 0. The average molecular weight is 540 g/mol. The number of aliphatic hydroxyl groups is 1. The summed E-state index contributed by atoms with van der Waals surface area (Å²) in [6.07, 6.45) is 6.80. The molecule has 0 saturated carbocycles. The number of nitrogens with two attached hydrogens (primary N) is 1. The minimum Gasteiger partial charge on any atom is -0.493 e. The monoisotopic (exact) mass is 538 g/mol. The van der Waals surface area contributed by atoms with Crippen molar-refractivity contribution in [1.29, 1.82) is 0 Å². The number of nitrogens with one attached hydrogen (secondary N) is 1. The molecule has 0 bridgehead atoms. The van der Waals surface area contributed by atoms with Gasteiger partial charge in [-0.05, 0) is 55.7 Å². The van der Waals surface area contributed by atoms with Crippen LogP contribution in [0.15, 0.2) is 18.2 Å². The fourth-order valence-corrected chi connectivity index (χ4v) is 4.02. The summed E-state index contributed by atoms with van der Waals surface area (Å²) in [6, 6.07) is 6.29. The molecule has 1 aromatic rings. The fraction of sp³-hybridized carbons (Fsp3) is 0.778. The van der Waals surface area contributed by atoms with Gasteiger partial charge in [-0.25, -0.2) is 0 Å². The normalized spacial score (nSPS) is 14.4. The van der Waals surface area contributed by atoms with Gasteiger partial charge in [-0.2, -0.15) is 0 Å². The van der Waals surface area contributed by atoms with Crippen molar-refractivity contribution in [2.45, 2.75) is 90.8 Å². The van der Waals surface area contributed by atoms with Crippen molar-refractivity contribution in [3.05, 3.63) is 23.8 Å². The smallest absolute Gasteiger partial charge is 0.161 e. The first-order chi connectivity index (χ1) is 15.8. The zero-order valence-electron chi connectivity index (χ0n) is 22.8. The van der Waals surface area contributed by atoms with Gasteiger partial charge in [0.1, 0.15) is 0 Å². The summed E-state index contributed by atoms with van der Waals surface area (Å²) in [4.78, 5) is 0. The Morgan fingerprint density at radius 2 is 1.71 bits per heavy atom. The van der Waals surface area contributed by atoms with Gasteiger partial charge in [0.05, 0.1) is 19.8 Å². The zero-order chi connectivity index (χ0) is 24.6. The maximum atomic E-state index is 10.7. The van der Waals surface area contributed by atoms with Gasteiger partial charge < -0.3 is 30.4 Å². The minimum absolute atomic E-state index is 0. The molecule has 4 N–H and O–H groups in total. The van der Waals surface area contributed by atoms with Crippen molar-refractivity contribution in [3.63, 3.8) is 0 Å². The lowest BCUT2D eigenvalue weighted by Gasteiger charge is -2.28. The van der Waals surface area contributed by atoms with Crippen LogP contribution < -0.4 is 20.5 Å². The van der Waals surface area contributed by atoms with Crippen molar-refractivity contribution in [2.24, 2.45) is 17.6 Å². The van der Waals surface area contributed by atoms with Gasteiger partial charge in [0.2, 0.25) is 0 Å². The SMILES string of the molecule is CCCCC[C@H](C)NC[C@H](O)[C@@H](N)C[C@H](Cc1ccc(OC)c(OCCCOC)c1)C(C)C.Cl.Cl. The Morgan fingerprint density at radius 1 is 1.00 bits per heavy atom. The minimum atomic E-state index is -0.546. The lowest BCUT2D eigenvalue weighted by atomic mass is 9.83. The van der Waals surface area contributed by atoms with Gasteiger partial charge in [-0.1, -0.05) is 46.1 Å². The zero-order valence-corrected chi connectivity index (χ0v) is 24.4. The molecule has 1 rings (SSSR count). The molecule has 8 heteroatoms. The highest BCUT2D eigenvalue weighted by Crippen LogP contribution is 2.31. The number of unbranched alkanes of at least 4 members (excludes halogenated alkanes) is 2. The first kappa shape index (κ1) is 36.4. The largest absolute Gasteiger partial charge is 0.493 e. The molecule has 0 amide bonds. The summed E-state index contributed by atoms with van der Waals surface area (Å²) in [7, 11) is 3.35. The third-order valence-electron chi connectivity index (χ3n) is 6.40. The van der Waals surface area contributed by atoms with E-state index in [9.17, 15) is 5.11 Å². The van der Waals surface area contributed by atoms with E-state index in [1.54, 1.807) is 14.2 Å². The number of ether oxygens (including phenoxy) is 3. The summed E-state index contributed by atoms with van der Waals surface area (Å²) in [5.41, 5.74) is 7.64. The lowest BCUT2D eigenvalue weighted by molar-refractivity contribution is 0.121. The van der Waals surface area contributed by atoms with Gasteiger partial charge in [-0.3, -0.25) is 0 Å². The standard InChI is InChI=1S/C27H50N2O4.2ClH/c1-7-8-9-11-21(4)29-19-25(30)24(28)18-23(20(2)3)16-22-12-13-26(32-6)27(17-22)33-15-10-14-31-5;;/h12-13,17,20-21,23-25,29-30H,7-11,14-16,18-19,28H2,1-6H3;2*1H/t21-,23-,24-,25-;;/m0../s1. The van der Waals surface area contributed by atoms with E-state index in [0.717, 1.165) is 37.2 Å². The molecule has 0 aromatic heterocycles. The molecule has 35 heavy (non-hydrogen) atoms. The number of rotatable bonds is 19. The van der Waals surface area contributed by atoms with Gasteiger partial charge >= 0.3 is 0 Å². The van der Waals surface area contributed by atoms with Crippen molar-refractivity contribution in [3.8, 4) is 11.5 Å². The fourth-order valence-electron chi connectivity index (χ4n) is 4.02. The van der Waals surface area contributed by atoms with Gasteiger partial charge in [0.15, 0.2) is 11.5 Å². The molecule has 0 fully saturated rings. The third kappa shape index (κ3) is 15.2. The van der Waals surface area contributed by atoms with Crippen LogP contribution in [-0.2, 0) is 11.2 Å². The van der Waals surface area contributed by atoms with E-state index < -0.39 is 6.10 Å². The van der Waals surface area contributed by atoms with Gasteiger partial charge in [-0.15, -0.1) is 24.8 Å². The predicted octanol–water partition coefficient (Wildman–Crippen LogP) is 5.41. The van der Waals surface area contributed by atoms with E-state index in [1.807, 2.05) is 6.07 Å². The van der Waals surface area contributed by atoms with Crippen molar-refractivity contribution in [1.82, 2.24) is 5.32 Å². The molecule has 0 radical (unpaired) electrons. The Bertz CT molecular complexity index is 637. The molecule has 0 heterocycles. The van der Waals surface area contributed by atoms with E-state index >= 15 is 0 Å². The number of hydrogen-bond donors (Lipinski definition) is 3. The molecular formula is C27H52Cl2N2O4. The van der Waals surface area contributed by atoms with Crippen molar-refractivity contribution in [2.75, 3.05) is 34.0 Å². The molecule has 208 valence electrons. The molecule has 0 aliphatic carbocycles. The Morgan fingerprint density at radius 3 is 2.31 bits per heavy atom. The van der Waals surface area contributed by atoms with Crippen LogP contribution >= 0.6 is 24.8 Å². The molecule has 0 spiro atoms. The lowest BCUT2D eigenvalue weighted by Crippen LogP contribution is -2.45. The highest BCUT2D eigenvalue weighted by molar-refractivity contribution is 5.85. The highest BCUT2D eigenvalue weighted by atomic mass is 35.5. The van der Waals surface area contributed by atoms with Crippen LogP contribution in [0.4, 0.5) is 0 Å². The predicted molar refractivity (Wildman–Crippen MR) is 152 cm³/mol. The van der Waals surface area contributed by atoms with Crippen LogP contribution in [0.5, 0.6) is 11.5 Å². The van der Waals surface area contributed by atoms with E-state index in [4.69, 9.17) is 19.9 Å². The topological polar surface area (TPSA) is 86.0 Å². The maximum Gasteiger partial charge on any atom is 0.161 e. The number of aliphatic hydroxyl groups excluding tert-OH is 1.